The van der Waals surface area contributed by atoms with E-state index in [9.17, 15) is 9.59 Å². The number of amides is 2. The zero-order valence-electron chi connectivity index (χ0n) is 10.2. The first kappa shape index (κ1) is 13.7. The Balaban J connectivity index is 2.64. The summed E-state index contributed by atoms with van der Waals surface area (Å²) in [6.07, 6.45) is 0. The number of nitrogens with zero attached hydrogens (tertiary/aromatic N) is 2. The van der Waals surface area contributed by atoms with Crippen molar-refractivity contribution in [3.05, 3.63) is 35.9 Å². The zero-order valence-corrected chi connectivity index (χ0v) is 10.2. The van der Waals surface area contributed by atoms with Crippen LogP contribution in [0.2, 0.25) is 0 Å². The molecule has 5 heteroatoms. The van der Waals surface area contributed by atoms with Crippen molar-refractivity contribution >= 4 is 11.8 Å². The summed E-state index contributed by atoms with van der Waals surface area (Å²) in [7, 11) is 0. The topological polar surface area (TPSA) is 73.2 Å². The number of benzene rings is 1. The van der Waals surface area contributed by atoms with Crippen LogP contribution in [0.3, 0.4) is 0 Å². The van der Waals surface area contributed by atoms with Crippen LogP contribution in [0.15, 0.2) is 30.3 Å². The molecular weight excluding hydrogens is 230 g/mol. The Kier molecular flexibility index (Phi) is 5.39. The van der Waals surface area contributed by atoms with E-state index in [0.29, 0.717) is 13.1 Å². The van der Waals surface area contributed by atoms with E-state index in [1.807, 2.05) is 30.3 Å². The number of carbonyl (C=O) groups excluding carboxylic acids is 2. The first-order valence-electron chi connectivity index (χ1n) is 5.67. The van der Waals surface area contributed by atoms with Crippen molar-refractivity contribution in [1.29, 1.82) is 5.26 Å². The third-order valence-electron chi connectivity index (χ3n) is 2.41. The molecule has 5 nitrogen and oxygen atoms in total. The van der Waals surface area contributed by atoms with Crippen LogP contribution in [0.25, 0.3) is 0 Å². The lowest BCUT2D eigenvalue weighted by atomic mass is 10.2. The van der Waals surface area contributed by atoms with Gasteiger partial charge in [0.25, 0.3) is 0 Å². The number of rotatable bonds is 4. The standard InChI is InChI=1S/C13H15N3O2/c1-2-16(10-11-6-4-3-5-7-11)13(18)12(17)15-9-8-14/h3-7H,2,9-10H2,1H3,(H,15,17). The Morgan fingerprint density at radius 2 is 2.00 bits per heavy atom. The summed E-state index contributed by atoms with van der Waals surface area (Å²) < 4.78 is 0. The molecule has 0 aliphatic heterocycles. The van der Waals surface area contributed by atoms with Gasteiger partial charge in [-0.05, 0) is 12.5 Å². The van der Waals surface area contributed by atoms with Gasteiger partial charge >= 0.3 is 11.8 Å². The van der Waals surface area contributed by atoms with Crippen LogP contribution < -0.4 is 5.32 Å². The molecule has 0 radical (unpaired) electrons. The van der Waals surface area contributed by atoms with Crippen LogP contribution >= 0.6 is 0 Å². The first-order chi connectivity index (χ1) is 8.69. The maximum Gasteiger partial charge on any atom is 0.312 e. The normalized spacial score (nSPS) is 9.33. The lowest BCUT2D eigenvalue weighted by Crippen LogP contribution is -2.42. The summed E-state index contributed by atoms with van der Waals surface area (Å²) >= 11 is 0. The van der Waals surface area contributed by atoms with Crippen molar-refractivity contribution in [3.63, 3.8) is 0 Å². The molecule has 0 unspecified atom stereocenters. The molecule has 1 N–H and O–H groups in total. The molecule has 0 fully saturated rings. The molecule has 94 valence electrons. The minimum atomic E-state index is -0.741. The molecule has 1 aromatic rings. The number of nitrogens with one attached hydrogen (secondary N) is 1. The number of hydrogen-bond acceptors (Lipinski definition) is 3. The maximum absolute atomic E-state index is 11.8. The zero-order chi connectivity index (χ0) is 13.4. The Hall–Kier alpha value is -2.35. The van der Waals surface area contributed by atoms with Crippen molar-refractivity contribution in [2.24, 2.45) is 0 Å². The Morgan fingerprint density at radius 3 is 2.56 bits per heavy atom. The molecule has 0 spiro atoms. The summed E-state index contributed by atoms with van der Waals surface area (Å²) in [6.45, 7) is 2.47. The Bertz CT molecular complexity index is 451. The summed E-state index contributed by atoms with van der Waals surface area (Å²) in [5.41, 5.74) is 0.959. The number of hydrogen-bond donors (Lipinski definition) is 1. The second kappa shape index (κ2) is 7.07. The quantitative estimate of drug-likeness (QED) is 0.626. The van der Waals surface area contributed by atoms with Crippen LogP contribution in [0, 0.1) is 11.3 Å². The number of carbonyl (C=O) groups is 2. The molecule has 0 aliphatic rings. The van der Waals surface area contributed by atoms with E-state index in [1.54, 1.807) is 13.0 Å². The molecule has 0 heterocycles. The fraction of sp³-hybridized carbons (Fsp3) is 0.308. The highest BCUT2D eigenvalue weighted by Gasteiger charge is 2.19. The molecule has 1 rings (SSSR count). The molecule has 0 bridgehead atoms. The second-order valence-corrected chi connectivity index (χ2v) is 3.65. The highest BCUT2D eigenvalue weighted by Crippen LogP contribution is 2.04. The molecule has 1 aromatic carbocycles. The van der Waals surface area contributed by atoms with Crippen LogP contribution in [-0.2, 0) is 16.1 Å². The van der Waals surface area contributed by atoms with Crippen LogP contribution in [0.4, 0.5) is 0 Å². The van der Waals surface area contributed by atoms with E-state index in [2.05, 4.69) is 5.32 Å². The van der Waals surface area contributed by atoms with Gasteiger partial charge in [0.1, 0.15) is 6.54 Å². The van der Waals surface area contributed by atoms with Crippen molar-refractivity contribution in [2.75, 3.05) is 13.1 Å². The highest BCUT2D eigenvalue weighted by atomic mass is 16.2. The van der Waals surface area contributed by atoms with E-state index < -0.39 is 11.8 Å². The first-order valence-corrected chi connectivity index (χ1v) is 5.67. The van der Waals surface area contributed by atoms with Crippen LogP contribution in [0.1, 0.15) is 12.5 Å². The van der Waals surface area contributed by atoms with Crippen molar-refractivity contribution in [3.8, 4) is 6.07 Å². The van der Waals surface area contributed by atoms with Crippen molar-refractivity contribution in [2.45, 2.75) is 13.5 Å². The summed E-state index contributed by atoms with van der Waals surface area (Å²) in [5, 5.41) is 10.6. The summed E-state index contributed by atoms with van der Waals surface area (Å²) in [6, 6.07) is 11.2. The highest BCUT2D eigenvalue weighted by molar-refractivity contribution is 6.35. The Morgan fingerprint density at radius 1 is 1.33 bits per heavy atom. The van der Waals surface area contributed by atoms with E-state index >= 15 is 0 Å². The second-order valence-electron chi connectivity index (χ2n) is 3.65. The molecular formula is C13H15N3O2. The van der Waals surface area contributed by atoms with Gasteiger partial charge in [-0.2, -0.15) is 5.26 Å². The van der Waals surface area contributed by atoms with Gasteiger partial charge < -0.3 is 10.2 Å². The SMILES string of the molecule is CCN(Cc1ccccc1)C(=O)C(=O)NCC#N. The fourth-order valence-electron chi connectivity index (χ4n) is 1.47. The Labute approximate surface area is 106 Å². The van der Waals surface area contributed by atoms with Crippen molar-refractivity contribution < 1.29 is 9.59 Å². The average Bonchev–Trinajstić information content (AvgIpc) is 2.42. The van der Waals surface area contributed by atoms with Gasteiger partial charge in [0.15, 0.2) is 0 Å². The van der Waals surface area contributed by atoms with Gasteiger partial charge in [-0.15, -0.1) is 0 Å². The van der Waals surface area contributed by atoms with E-state index in [-0.39, 0.29) is 6.54 Å². The summed E-state index contributed by atoms with van der Waals surface area (Å²) in [4.78, 5) is 24.7. The van der Waals surface area contributed by atoms with E-state index in [0.717, 1.165) is 5.56 Å². The predicted molar refractivity (Wildman–Crippen MR) is 66.2 cm³/mol. The predicted octanol–water partition coefficient (Wildman–Crippen LogP) is 0.675. The monoisotopic (exact) mass is 245 g/mol. The molecule has 0 aromatic heterocycles. The third-order valence-corrected chi connectivity index (χ3v) is 2.41. The summed E-state index contributed by atoms with van der Waals surface area (Å²) in [5.74, 6) is -1.36. The van der Waals surface area contributed by atoms with Gasteiger partial charge in [0.05, 0.1) is 6.07 Å². The third kappa shape index (κ3) is 3.91. The van der Waals surface area contributed by atoms with Crippen molar-refractivity contribution in [1.82, 2.24) is 10.2 Å². The molecule has 18 heavy (non-hydrogen) atoms. The van der Waals surface area contributed by atoms with Crippen LogP contribution in [0.5, 0.6) is 0 Å². The number of likely N-dealkylation sites (N-methyl/N-ethyl adjacent to an activating group) is 1. The fourth-order valence-corrected chi connectivity index (χ4v) is 1.47. The van der Waals surface area contributed by atoms with Gasteiger partial charge in [-0.25, -0.2) is 0 Å². The largest absolute Gasteiger partial charge is 0.335 e. The van der Waals surface area contributed by atoms with Gasteiger partial charge in [-0.3, -0.25) is 9.59 Å². The van der Waals surface area contributed by atoms with Gasteiger partial charge in [-0.1, -0.05) is 30.3 Å². The van der Waals surface area contributed by atoms with Gasteiger partial charge in [0, 0.05) is 13.1 Å². The van der Waals surface area contributed by atoms with E-state index in [1.165, 1.54) is 4.90 Å². The minimum Gasteiger partial charge on any atom is -0.335 e. The molecule has 0 saturated heterocycles. The van der Waals surface area contributed by atoms with Gasteiger partial charge in [0.2, 0.25) is 0 Å². The minimum absolute atomic E-state index is 0.159. The lowest BCUT2D eigenvalue weighted by molar-refractivity contribution is -0.146. The van der Waals surface area contributed by atoms with E-state index in [4.69, 9.17) is 5.26 Å². The molecule has 0 aliphatic carbocycles. The average molecular weight is 245 g/mol. The molecule has 0 atom stereocenters. The molecule has 0 saturated carbocycles. The number of nitriles is 1. The van der Waals surface area contributed by atoms with Crippen LogP contribution in [-0.4, -0.2) is 29.8 Å². The smallest absolute Gasteiger partial charge is 0.312 e. The maximum atomic E-state index is 11.8. The molecule has 2 amide bonds. The lowest BCUT2D eigenvalue weighted by Gasteiger charge is -2.19.